The van der Waals surface area contributed by atoms with Crippen LogP contribution in [-0.4, -0.2) is 51.5 Å². The van der Waals surface area contributed by atoms with Crippen LogP contribution < -0.4 is 5.32 Å². The third-order valence-electron chi connectivity index (χ3n) is 4.90. The molecule has 0 bridgehead atoms. The van der Waals surface area contributed by atoms with Crippen molar-refractivity contribution in [1.29, 1.82) is 0 Å². The van der Waals surface area contributed by atoms with Gasteiger partial charge < -0.3 is 9.88 Å². The summed E-state index contributed by atoms with van der Waals surface area (Å²) in [5.41, 5.74) is -0.156. The summed E-state index contributed by atoms with van der Waals surface area (Å²) < 4.78 is 55.0. The largest absolute Gasteiger partial charge is 0.339 e. The highest BCUT2D eigenvalue weighted by atomic mass is 32.2. The first-order valence-corrected chi connectivity index (χ1v) is 11.6. The normalized spacial score (nSPS) is 15.8. The Hall–Kier alpha value is -2.77. The van der Waals surface area contributed by atoms with Crippen LogP contribution in [0.1, 0.15) is 33.6 Å². The fourth-order valence-electron chi connectivity index (χ4n) is 3.26. The maximum Gasteiger partial charge on any atom is 0.286 e. The van der Waals surface area contributed by atoms with Crippen LogP contribution in [0, 0.1) is 11.6 Å². The van der Waals surface area contributed by atoms with Gasteiger partial charge in [0, 0.05) is 38.3 Å². The zero-order chi connectivity index (χ0) is 22.2. The van der Waals surface area contributed by atoms with Crippen molar-refractivity contribution in [2.75, 3.05) is 18.4 Å². The first-order chi connectivity index (χ1) is 14.7. The number of sulfonamides is 1. The SMILES string of the molecule is Cn1cnc(S(=O)(=O)N2CCC(c3nnc(C(=O)Nc4ccc(F)cc4F)s3)CC2)c1. The predicted molar refractivity (Wildman–Crippen MR) is 108 cm³/mol. The number of hydrogen-bond acceptors (Lipinski definition) is 7. The second kappa shape index (κ2) is 8.40. The lowest BCUT2D eigenvalue weighted by molar-refractivity contribution is 0.102. The molecule has 3 aromatic rings. The minimum absolute atomic E-state index is 0.0105. The van der Waals surface area contributed by atoms with E-state index in [2.05, 4.69) is 20.5 Å². The molecule has 0 unspecified atom stereocenters. The topological polar surface area (TPSA) is 110 Å². The highest BCUT2D eigenvalue weighted by Gasteiger charge is 2.33. The number of halogens is 2. The Morgan fingerprint density at radius 2 is 1.97 bits per heavy atom. The molecule has 31 heavy (non-hydrogen) atoms. The number of nitrogens with one attached hydrogen (secondary N) is 1. The van der Waals surface area contributed by atoms with Crippen molar-refractivity contribution in [2.24, 2.45) is 7.05 Å². The van der Waals surface area contributed by atoms with Crippen LogP contribution in [0.2, 0.25) is 0 Å². The molecule has 13 heteroatoms. The molecule has 0 saturated carbocycles. The Bertz CT molecular complexity index is 1220. The molecule has 0 spiro atoms. The van der Waals surface area contributed by atoms with Gasteiger partial charge in [0.1, 0.15) is 16.6 Å². The van der Waals surface area contributed by atoms with Gasteiger partial charge in [-0.3, -0.25) is 4.79 Å². The van der Waals surface area contributed by atoms with Crippen LogP contribution in [0.25, 0.3) is 0 Å². The summed E-state index contributed by atoms with van der Waals surface area (Å²) in [4.78, 5) is 16.3. The second-order valence-electron chi connectivity index (χ2n) is 7.08. The number of aryl methyl sites for hydroxylation is 1. The summed E-state index contributed by atoms with van der Waals surface area (Å²) in [7, 11) is -1.95. The van der Waals surface area contributed by atoms with Gasteiger partial charge in [0.2, 0.25) is 5.01 Å². The quantitative estimate of drug-likeness (QED) is 0.616. The molecule has 0 aliphatic carbocycles. The van der Waals surface area contributed by atoms with Crippen molar-refractivity contribution >= 4 is 33.0 Å². The number of carbonyl (C=O) groups is 1. The van der Waals surface area contributed by atoms with Crippen molar-refractivity contribution in [3.05, 3.63) is 52.4 Å². The molecule has 1 N–H and O–H groups in total. The zero-order valence-corrected chi connectivity index (χ0v) is 18.0. The van der Waals surface area contributed by atoms with Crippen LogP contribution >= 0.6 is 11.3 Å². The number of carbonyl (C=O) groups excluding carboxylic acids is 1. The molecule has 0 radical (unpaired) electrons. The van der Waals surface area contributed by atoms with E-state index in [9.17, 15) is 22.0 Å². The van der Waals surface area contributed by atoms with Crippen molar-refractivity contribution in [1.82, 2.24) is 24.1 Å². The van der Waals surface area contributed by atoms with Gasteiger partial charge >= 0.3 is 0 Å². The third kappa shape index (κ3) is 4.48. The molecule has 164 valence electrons. The Kier molecular flexibility index (Phi) is 5.81. The van der Waals surface area contributed by atoms with Gasteiger partial charge in [-0.05, 0) is 25.0 Å². The number of imidazole rings is 1. The van der Waals surface area contributed by atoms with E-state index >= 15 is 0 Å². The number of amides is 1. The molecular formula is C18H18F2N6O3S2. The average molecular weight is 469 g/mol. The Labute approximate surface area is 180 Å². The summed E-state index contributed by atoms with van der Waals surface area (Å²) in [6, 6.07) is 2.84. The molecule has 9 nitrogen and oxygen atoms in total. The lowest BCUT2D eigenvalue weighted by atomic mass is 9.99. The van der Waals surface area contributed by atoms with E-state index < -0.39 is 27.6 Å². The van der Waals surface area contributed by atoms with Crippen molar-refractivity contribution in [2.45, 2.75) is 23.8 Å². The summed E-state index contributed by atoms with van der Waals surface area (Å²) in [5, 5.41) is 10.9. The van der Waals surface area contributed by atoms with Gasteiger partial charge in [-0.25, -0.2) is 22.2 Å². The van der Waals surface area contributed by atoms with Crippen LogP contribution in [0.4, 0.5) is 14.5 Å². The van der Waals surface area contributed by atoms with E-state index in [1.165, 1.54) is 16.8 Å². The average Bonchev–Trinajstić information content (AvgIpc) is 3.40. The van der Waals surface area contributed by atoms with E-state index in [1.54, 1.807) is 11.6 Å². The molecule has 1 saturated heterocycles. The highest BCUT2D eigenvalue weighted by molar-refractivity contribution is 7.89. The minimum Gasteiger partial charge on any atom is -0.339 e. The van der Waals surface area contributed by atoms with Crippen LogP contribution in [-0.2, 0) is 17.1 Å². The predicted octanol–water partition coefficient (Wildman–Crippen LogP) is 2.37. The van der Waals surface area contributed by atoms with Crippen molar-refractivity contribution < 1.29 is 22.0 Å². The second-order valence-corrected chi connectivity index (χ2v) is 9.97. The maximum atomic E-state index is 13.7. The van der Waals surface area contributed by atoms with Gasteiger partial charge in [0.15, 0.2) is 5.03 Å². The number of benzene rings is 1. The third-order valence-corrected chi connectivity index (χ3v) is 7.77. The van der Waals surface area contributed by atoms with Crippen LogP contribution in [0.15, 0.2) is 35.7 Å². The summed E-state index contributed by atoms with van der Waals surface area (Å²) in [6.45, 7) is 0.594. The van der Waals surface area contributed by atoms with Crippen LogP contribution in [0.3, 0.4) is 0 Å². The van der Waals surface area contributed by atoms with Gasteiger partial charge in [0.25, 0.3) is 15.9 Å². The van der Waals surface area contributed by atoms with Gasteiger partial charge in [0.05, 0.1) is 12.0 Å². The maximum absolute atomic E-state index is 13.7. The Morgan fingerprint density at radius 1 is 1.23 bits per heavy atom. The summed E-state index contributed by atoms with van der Waals surface area (Å²) in [5.74, 6) is -2.33. The number of anilines is 1. The number of hydrogen-bond donors (Lipinski definition) is 1. The molecule has 1 fully saturated rings. The summed E-state index contributed by atoms with van der Waals surface area (Å²) >= 11 is 1.07. The molecule has 1 aromatic carbocycles. The minimum atomic E-state index is -3.65. The molecular weight excluding hydrogens is 450 g/mol. The number of piperidine rings is 1. The van der Waals surface area contributed by atoms with E-state index in [-0.39, 0.29) is 21.6 Å². The molecule has 4 rings (SSSR count). The molecule has 0 atom stereocenters. The highest BCUT2D eigenvalue weighted by Crippen LogP contribution is 2.32. The molecule has 1 aliphatic heterocycles. The fourth-order valence-corrected chi connectivity index (χ4v) is 5.60. The Balaban J connectivity index is 1.39. The lowest BCUT2D eigenvalue weighted by Crippen LogP contribution is -2.38. The smallest absolute Gasteiger partial charge is 0.286 e. The molecule has 2 aromatic heterocycles. The van der Waals surface area contributed by atoms with Crippen LogP contribution in [0.5, 0.6) is 0 Å². The lowest BCUT2D eigenvalue weighted by Gasteiger charge is -2.29. The Morgan fingerprint density at radius 3 is 2.61 bits per heavy atom. The van der Waals surface area contributed by atoms with E-state index in [0.717, 1.165) is 23.5 Å². The van der Waals surface area contributed by atoms with E-state index in [4.69, 9.17) is 0 Å². The fraction of sp³-hybridized carbons (Fsp3) is 0.333. The van der Waals surface area contributed by atoms with Crippen molar-refractivity contribution in [3.63, 3.8) is 0 Å². The van der Waals surface area contributed by atoms with Crippen molar-refractivity contribution in [3.8, 4) is 0 Å². The van der Waals surface area contributed by atoms with E-state index in [0.29, 0.717) is 37.0 Å². The van der Waals surface area contributed by atoms with Gasteiger partial charge in [-0.1, -0.05) is 11.3 Å². The number of nitrogens with zero attached hydrogens (tertiary/aromatic N) is 5. The molecule has 1 amide bonds. The van der Waals surface area contributed by atoms with Gasteiger partial charge in [-0.2, -0.15) is 4.31 Å². The summed E-state index contributed by atoms with van der Waals surface area (Å²) in [6.07, 6.45) is 3.94. The number of rotatable bonds is 5. The monoisotopic (exact) mass is 468 g/mol. The van der Waals surface area contributed by atoms with E-state index in [1.807, 2.05) is 0 Å². The molecule has 3 heterocycles. The first-order valence-electron chi connectivity index (χ1n) is 9.32. The molecule has 1 aliphatic rings. The zero-order valence-electron chi connectivity index (χ0n) is 16.3. The number of aromatic nitrogens is 4. The standard InChI is InChI=1S/C18H18F2N6O3S2/c1-25-9-15(21-10-25)31(28,29)26-6-4-11(5-7-26)17-23-24-18(30-17)16(27)22-14-3-2-12(19)8-13(14)20/h2-3,8-11H,4-7H2,1H3,(H,22,27). The van der Waals surface area contributed by atoms with Gasteiger partial charge in [-0.15, -0.1) is 10.2 Å². The first kappa shape index (κ1) is 21.5.